The van der Waals surface area contributed by atoms with E-state index in [0.29, 0.717) is 35.4 Å². The summed E-state index contributed by atoms with van der Waals surface area (Å²) in [4.78, 5) is 18.1. The zero-order chi connectivity index (χ0) is 19.7. The molecular weight excluding hydrogens is 376 g/mol. The van der Waals surface area contributed by atoms with Crippen molar-refractivity contribution >= 4 is 22.9 Å². The first kappa shape index (κ1) is 18.6. The Morgan fingerprint density at radius 3 is 3.04 bits per heavy atom. The summed E-state index contributed by atoms with van der Waals surface area (Å²) in [5, 5.41) is 4.90. The van der Waals surface area contributed by atoms with Gasteiger partial charge in [0.15, 0.2) is 0 Å². The van der Waals surface area contributed by atoms with E-state index in [9.17, 15) is 4.79 Å². The van der Waals surface area contributed by atoms with Crippen LogP contribution >= 0.6 is 11.3 Å². The summed E-state index contributed by atoms with van der Waals surface area (Å²) in [6.45, 7) is 6.29. The average Bonchev–Trinajstić information content (AvgIpc) is 3.36. The van der Waals surface area contributed by atoms with Crippen LogP contribution in [0.5, 0.6) is 11.5 Å². The van der Waals surface area contributed by atoms with Gasteiger partial charge in [-0.1, -0.05) is 6.07 Å². The molecule has 0 saturated carbocycles. The van der Waals surface area contributed by atoms with Crippen molar-refractivity contribution in [2.45, 2.75) is 39.7 Å². The number of amides is 1. The second-order valence-electron chi connectivity index (χ2n) is 6.75. The zero-order valence-corrected chi connectivity index (χ0v) is 16.9. The van der Waals surface area contributed by atoms with Crippen LogP contribution in [0.4, 0.5) is 5.69 Å². The number of oxazole rings is 1. The maximum absolute atomic E-state index is 12.7. The second kappa shape index (κ2) is 7.67. The highest BCUT2D eigenvalue weighted by Crippen LogP contribution is 2.38. The third-order valence-electron chi connectivity index (χ3n) is 4.52. The van der Waals surface area contributed by atoms with Crippen LogP contribution in [0, 0.1) is 6.92 Å². The molecule has 1 aliphatic rings. The van der Waals surface area contributed by atoms with Crippen molar-refractivity contribution < 1.29 is 18.7 Å². The van der Waals surface area contributed by atoms with Gasteiger partial charge in [0, 0.05) is 18.1 Å². The van der Waals surface area contributed by atoms with Crippen molar-refractivity contribution in [1.82, 2.24) is 4.98 Å². The van der Waals surface area contributed by atoms with Crippen molar-refractivity contribution in [3.05, 3.63) is 46.7 Å². The summed E-state index contributed by atoms with van der Waals surface area (Å²) < 4.78 is 17.3. The molecule has 0 radical (unpaired) electrons. The molecule has 6 nitrogen and oxygen atoms in total. The number of anilines is 1. The van der Waals surface area contributed by atoms with Crippen LogP contribution in [-0.4, -0.2) is 23.6 Å². The molecular formula is C21H22N2O4S. The number of nitrogens with one attached hydrogen (secondary N) is 1. The maximum atomic E-state index is 12.7. The van der Waals surface area contributed by atoms with Gasteiger partial charge in [-0.25, -0.2) is 4.98 Å². The first-order valence-corrected chi connectivity index (χ1v) is 10.2. The predicted octanol–water partition coefficient (Wildman–Crippen LogP) is 4.61. The highest BCUT2D eigenvalue weighted by atomic mass is 32.1. The van der Waals surface area contributed by atoms with Gasteiger partial charge in [0.1, 0.15) is 23.4 Å². The van der Waals surface area contributed by atoms with Gasteiger partial charge in [0.2, 0.25) is 11.8 Å². The van der Waals surface area contributed by atoms with Crippen LogP contribution in [0.15, 0.2) is 34.1 Å². The molecule has 0 spiro atoms. The third kappa shape index (κ3) is 3.75. The molecule has 3 aromatic rings. The van der Waals surface area contributed by atoms with E-state index in [4.69, 9.17) is 13.9 Å². The minimum atomic E-state index is -0.180. The Hall–Kier alpha value is -2.80. The van der Waals surface area contributed by atoms with Crippen LogP contribution in [0.25, 0.3) is 10.8 Å². The van der Waals surface area contributed by atoms with Gasteiger partial charge in [-0.3, -0.25) is 4.79 Å². The van der Waals surface area contributed by atoms with Gasteiger partial charge in [0.05, 0.1) is 29.3 Å². The molecule has 0 bridgehead atoms. The number of hydrogen-bond acceptors (Lipinski definition) is 6. The smallest absolute Gasteiger partial charge is 0.236 e. The van der Waals surface area contributed by atoms with Crippen LogP contribution in [-0.2, 0) is 17.6 Å². The van der Waals surface area contributed by atoms with Crippen molar-refractivity contribution in [3.8, 4) is 22.3 Å². The fraction of sp³-hybridized carbons (Fsp3) is 0.333. The Kier molecular flexibility index (Phi) is 5.09. The lowest BCUT2D eigenvalue weighted by molar-refractivity contribution is -0.115. The summed E-state index contributed by atoms with van der Waals surface area (Å²) in [7, 11) is 0. The highest BCUT2D eigenvalue weighted by Gasteiger charge is 2.23. The van der Waals surface area contributed by atoms with E-state index in [1.54, 1.807) is 11.3 Å². The molecule has 0 unspecified atom stereocenters. The fourth-order valence-electron chi connectivity index (χ4n) is 3.26. The molecule has 146 valence electrons. The van der Waals surface area contributed by atoms with Crippen LogP contribution < -0.4 is 14.8 Å². The fourth-order valence-corrected chi connectivity index (χ4v) is 3.91. The van der Waals surface area contributed by atoms with Crippen LogP contribution in [0.3, 0.4) is 0 Å². The lowest BCUT2D eigenvalue weighted by Crippen LogP contribution is -2.16. The normalized spacial score (nSPS) is 15.2. The van der Waals surface area contributed by atoms with E-state index in [1.807, 2.05) is 50.4 Å². The molecule has 1 N–H and O–H groups in total. The number of carbonyl (C=O) groups excluding carboxylic acids is 1. The number of fused-ring (bicyclic) bond motifs is 1. The van der Waals surface area contributed by atoms with E-state index >= 15 is 0 Å². The molecule has 1 amide bonds. The number of thiophene rings is 1. The lowest BCUT2D eigenvalue weighted by atomic mass is 10.1. The number of carbonyl (C=O) groups is 1. The van der Waals surface area contributed by atoms with Crippen molar-refractivity contribution in [3.63, 3.8) is 0 Å². The largest absolute Gasteiger partial charge is 0.492 e. The number of nitrogens with zero attached hydrogens (tertiary/aromatic N) is 1. The highest BCUT2D eigenvalue weighted by molar-refractivity contribution is 7.13. The van der Waals surface area contributed by atoms with Gasteiger partial charge < -0.3 is 19.2 Å². The molecule has 7 heteroatoms. The number of hydrogen-bond donors (Lipinski definition) is 1. The van der Waals surface area contributed by atoms with Crippen molar-refractivity contribution in [1.29, 1.82) is 0 Å². The summed E-state index contributed by atoms with van der Waals surface area (Å²) in [5.41, 5.74) is 2.34. The Bertz CT molecular complexity index is 994. The zero-order valence-electron chi connectivity index (χ0n) is 16.1. The summed E-state index contributed by atoms with van der Waals surface area (Å²) >= 11 is 1.55. The molecule has 2 aromatic heterocycles. The Morgan fingerprint density at radius 1 is 1.43 bits per heavy atom. The molecule has 1 aromatic carbocycles. The van der Waals surface area contributed by atoms with Gasteiger partial charge in [0.25, 0.3) is 0 Å². The van der Waals surface area contributed by atoms with Crippen LogP contribution in [0.1, 0.15) is 30.9 Å². The molecule has 1 aliphatic heterocycles. The van der Waals surface area contributed by atoms with Crippen molar-refractivity contribution in [2.24, 2.45) is 0 Å². The molecule has 0 aliphatic carbocycles. The molecule has 1 atom stereocenters. The topological polar surface area (TPSA) is 73.6 Å². The maximum Gasteiger partial charge on any atom is 0.236 e. The van der Waals surface area contributed by atoms with Crippen LogP contribution in [0.2, 0.25) is 0 Å². The number of aryl methyl sites for hydroxylation is 1. The molecule has 0 fully saturated rings. The van der Waals surface area contributed by atoms with Gasteiger partial charge in [-0.15, -0.1) is 11.3 Å². The van der Waals surface area contributed by atoms with Crippen molar-refractivity contribution in [2.75, 3.05) is 11.9 Å². The minimum absolute atomic E-state index is 0.126. The summed E-state index contributed by atoms with van der Waals surface area (Å²) in [6.07, 6.45) is 1.09. The number of rotatable bonds is 6. The van der Waals surface area contributed by atoms with Gasteiger partial charge >= 0.3 is 0 Å². The van der Waals surface area contributed by atoms with E-state index in [1.165, 1.54) is 0 Å². The first-order valence-electron chi connectivity index (χ1n) is 9.30. The first-order chi connectivity index (χ1) is 13.5. The third-order valence-corrected chi connectivity index (χ3v) is 5.38. The Morgan fingerprint density at radius 2 is 2.29 bits per heavy atom. The van der Waals surface area contributed by atoms with Gasteiger partial charge in [-0.05, 0) is 38.3 Å². The van der Waals surface area contributed by atoms with E-state index < -0.39 is 0 Å². The minimum Gasteiger partial charge on any atom is -0.492 e. The SMILES string of the molecule is CCOc1cc2c(cc1NC(=O)Cc1nc(-c3cccs3)oc1C)O[C@H](C)C2. The lowest BCUT2D eigenvalue weighted by Gasteiger charge is -2.13. The van der Waals surface area contributed by atoms with E-state index in [2.05, 4.69) is 10.3 Å². The monoisotopic (exact) mass is 398 g/mol. The summed E-state index contributed by atoms with van der Waals surface area (Å²) in [6, 6.07) is 7.68. The molecule has 28 heavy (non-hydrogen) atoms. The number of benzene rings is 1. The molecule has 4 rings (SSSR count). The summed E-state index contributed by atoms with van der Waals surface area (Å²) in [5.74, 6) is 2.47. The van der Waals surface area contributed by atoms with E-state index in [0.717, 1.165) is 22.6 Å². The van der Waals surface area contributed by atoms with Gasteiger partial charge in [-0.2, -0.15) is 0 Å². The second-order valence-corrected chi connectivity index (χ2v) is 7.69. The Balaban J connectivity index is 1.52. The number of aromatic nitrogens is 1. The number of ether oxygens (including phenoxy) is 2. The predicted molar refractivity (Wildman–Crippen MR) is 108 cm³/mol. The molecule has 0 saturated heterocycles. The quantitative estimate of drug-likeness (QED) is 0.656. The Labute approximate surface area is 167 Å². The average molecular weight is 398 g/mol. The van der Waals surface area contributed by atoms with E-state index in [-0.39, 0.29) is 18.4 Å². The molecule has 3 heterocycles. The standard InChI is InChI=1S/C21H22N2O4S/c1-4-25-18-9-14-8-12(2)26-17(14)10-16(18)22-20(24)11-15-13(3)27-21(23-15)19-6-5-7-28-19/h5-7,9-10,12H,4,8,11H2,1-3H3,(H,22,24)/t12-/m1/s1.